The van der Waals surface area contributed by atoms with Crippen molar-refractivity contribution in [2.75, 3.05) is 0 Å². The van der Waals surface area contributed by atoms with Crippen LogP contribution < -0.4 is 5.32 Å². The van der Waals surface area contributed by atoms with Gasteiger partial charge in [-0.25, -0.2) is 4.79 Å². The average molecular weight is 167 g/mol. The molecule has 0 aliphatic rings. The Labute approximate surface area is 83.9 Å². The van der Waals surface area contributed by atoms with Crippen molar-refractivity contribution in [3.8, 4) is 0 Å². The summed E-state index contributed by atoms with van der Waals surface area (Å²) in [4.78, 5) is 20.4. The van der Waals surface area contributed by atoms with Crippen LogP contribution in [0, 0.1) is 5.92 Å². The third kappa shape index (κ3) is 4.42. The summed E-state index contributed by atoms with van der Waals surface area (Å²) in [7, 11) is 0. The molecule has 5 heteroatoms. The zero-order valence-corrected chi connectivity index (χ0v) is 6.70. The van der Waals surface area contributed by atoms with E-state index < -0.39 is 12.0 Å². The van der Waals surface area contributed by atoms with Gasteiger partial charge in [-0.2, -0.15) is 0 Å². The molecule has 0 aromatic rings. The number of carboxylic acid groups (broad SMARTS) is 1. The second-order valence-electron chi connectivity index (χ2n) is 2.49. The van der Waals surface area contributed by atoms with Crippen molar-refractivity contribution in [1.29, 1.82) is 0 Å². The molecule has 0 bridgehead atoms. The van der Waals surface area contributed by atoms with Crippen LogP contribution in [-0.2, 0) is 9.59 Å². The summed E-state index contributed by atoms with van der Waals surface area (Å²) < 4.78 is 0. The van der Waals surface area contributed by atoms with E-state index in [1.165, 1.54) is 0 Å². The first-order chi connectivity index (χ1) is 5.13. The van der Waals surface area contributed by atoms with Gasteiger partial charge in [0.2, 0.25) is 6.41 Å². The number of carbonyl (C=O) groups excluding carboxylic acids is 1. The molecule has 0 rings (SSSR count). The predicted octanol–water partition coefficient (Wildman–Crippen LogP) is -0.417. The molecular formula is C7H14LiNO3. The fourth-order valence-electron chi connectivity index (χ4n) is 0.788. The quantitative estimate of drug-likeness (QED) is 0.432. The number of rotatable bonds is 5. The van der Waals surface area contributed by atoms with E-state index in [-0.39, 0.29) is 24.8 Å². The Bertz CT molecular complexity index is 152. The molecule has 0 saturated carbocycles. The SMILES string of the molecule is CC[C@H](C)[C@H](NC=O)C(=O)O.[LiH]. The summed E-state index contributed by atoms with van der Waals surface area (Å²) in [6.07, 6.45) is 1.16. The van der Waals surface area contributed by atoms with Crippen molar-refractivity contribution in [2.45, 2.75) is 26.3 Å². The van der Waals surface area contributed by atoms with Crippen LogP contribution in [0.4, 0.5) is 0 Å². The van der Waals surface area contributed by atoms with Crippen molar-refractivity contribution in [3.05, 3.63) is 0 Å². The molecule has 0 aromatic heterocycles. The molecule has 0 aromatic carbocycles. The molecule has 0 radical (unpaired) electrons. The zero-order chi connectivity index (χ0) is 8.85. The Morgan fingerprint density at radius 3 is 2.42 bits per heavy atom. The average Bonchev–Trinajstić information content (AvgIpc) is 1.98. The van der Waals surface area contributed by atoms with Gasteiger partial charge in [0.25, 0.3) is 0 Å². The summed E-state index contributed by atoms with van der Waals surface area (Å²) >= 11 is 0. The molecule has 2 atom stereocenters. The number of nitrogens with one attached hydrogen (secondary N) is 1. The van der Waals surface area contributed by atoms with Crippen LogP contribution in [0.25, 0.3) is 0 Å². The van der Waals surface area contributed by atoms with Gasteiger partial charge in [0.1, 0.15) is 6.04 Å². The van der Waals surface area contributed by atoms with E-state index >= 15 is 0 Å². The van der Waals surface area contributed by atoms with Gasteiger partial charge < -0.3 is 10.4 Å². The first-order valence-corrected chi connectivity index (χ1v) is 3.56. The summed E-state index contributed by atoms with van der Waals surface area (Å²) in [5.74, 6) is -1.01. The van der Waals surface area contributed by atoms with Crippen LogP contribution in [-0.4, -0.2) is 42.4 Å². The Hall–Kier alpha value is -0.463. The van der Waals surface area contributed by atoms with Crippen LogP contribution in [0.2, 0.25) is 0 Å². The number of amides is 1. The van der Waals surface area contributed by atoms with E-state index in [1.54, 1.807) is 6.92 Å². The molecule has 0 aliphatic heterocycles. The van der Waals surface area contributed by atoms with E-state index in [2.05, 4.69) is 5.32 Å². The van der Waals surface area contributed by atoms with Gasteiger partial charge in [0, 0.05) is 0 Å². The number of carboxylic acids is 1. The maximum atomic E-state index is 10.5. The predicted molar refractivity (Wildman–Crippen MR) is 47.2 cm³/mol. The normalized spacial score (nSPS) is 13.8. The first kappa shape index (κ1) is 14.1. The van der Waals surface area contributed by atoms with Crippen LogP contribution in [0.3, 0.4) is 0 Å². The Morgan fingerprint density at radius 2 is 2.17 bits per heavy atom. The number of hydrogen-bond donors (Lipinski definition) is 2. The zero-order valence-electron chi connectivity index (χ0n) is 6.70. The van der Waals surface area contributed by atoms with Gasteiger partial charge in [-0.15, -0.1) is 0 Å². The maximum absolute atomic E-state index is 10.5. The second kappa shape index (κ2) is 7.20. The molecular weight excluding hydrogens is 153 g/mol. The van der Waals surface area contributed by atoms with Crippen molar-refractivity contribution in [1.82, 2.24) is 5.32 Å². The molecule has 12 heavy (non-hydrogen) atoms. The summed E-state index contributed by atoms with van der Waals surface area (Å²) in [5, 5.41) is 10.8. The Balaban J connectivity index is 0. The number of carbonyl (C=O) groups is 2. The molecule has 0 spiro atoms. The van der Waals surface area contributed by atoms with Crippen LogP contribution in [0.15, 0.2) is 0 Å². The minimum absolute atomic E-state index is 0. The van der Waals surface area contributed by atoms with Crippen molar-refractivity contribution >= 4 is 31.2 Å². The molecule has 0 heterocycles. The van der Waals surface area contributed by atoms with Gasteiger partial charge in [-0.3, -0.25) is 4.79 Å². The summed E-state index contributed by atoms with van der Waals surface area (Å²) in [6.45, 7) is 3.67. The van der Waals surface area contributed by atoms with E-state index in [1.807, 2.05) is 6.92 Å². The molecule has 66 valence electrons. The van der Waals surface area contributed by atoms with Crippen molar-refractivity contribution in [3.63, 3.8) is 0 Å². The van der Waals surface area contributed by atoms with E-state index in [4.69, 9.17) is 5.11 Å². The van der Waals surface area contributed by atoms with Gasteiger partial charge in [0.15, 0.2) is 0 Å². The van der Waals surface area contributed by atoms with Gasteiger partial charge in [0.05, 0.1) is 0 Å². The number of aliphatic carboxylic acids is 1. The molecule has 1 amide bonds. The Kier molecular flexibility index (Phi) is 8.45. The standard InChI is InChI=1S/C7H13NO3.Li.H/c1-3-5(2)6(7(10)11)8-4-9;;/h4-6H,3H2,1-2H3,(H,8,9)(H,10,11);;/t5-,6-;;/m0../s1. The van der Waals surface area contributed by atoms with Gasteiger partial charge in [-0.1, -0.05) is 20.3 Å². The fraction of sp³-hybridized carbons (Fsp3) is 0.714. The van der Waals surface area contributed by atoms with Crippen LogP contribution >= 0.6 is 0 Å². The molecule has 4 nitrogen and oxygen atoms in total. The molecule has 0 unspecified atom stereocenters. The third-order valence-corrected chi connectivity index (χ3v) is 1.73. The summed E-state index contributed by atoms with van der Waals surface area (Å²) in [6, 6.07) is -0.752. The van der Waals surface area contributed by atoms with E-state index in [0.717, 1.165) is 6.42 Å². The van der Waals surface area contributed by atoms with Crippen LogP contribution in [0.5, 0.6) is 0 Å². The molecule has 0 saturated heterocycles. The van der Waals surface area contributed by atoms with E-state index in [0.29, 0.717) is 6.41 Å². The summed E-state index contributed by atoms with van der Waals surface area (Å²) in [5.41, 5.74) is 0. The van der Waals surface area contributed by atoms with Crippen molar-refractivity contribution in [2.24, 2.45) is 5.92 Å². The Morgan fingerprint density at radius 1 is 1.67 bits per heavy atom. The van der Waals surface area contributed by atoms with Crippen LogP contribution in [0.1, 0.15) is 20.3 Å². The topological polar surface area (TPSA) is 66.4 Å². The molecule has 0 fully saturated rings. The first-order valence-electron chi connectivity index (χ1n) is 3.56. The van der Waals surface area contributed by atoms with Crippen molar-refractivity contribution < 1.29 is 14.7 Å². The van der Waals surface area contributed by atoms with Gasteiger partial charge in [-0.05, 0) is 5.92 Å². The minimum atomic E-state index is -0.980. The third-order valence-electron chi connectivity index (χ3n) is 1.73. The molecule has 2 N–H and O–H groups in total. The monoisotopic (exact) mass is 167 g/mol. The van der Waals surface area contributed by atoms with Gasteiger partial charge >= 0.3 is 24.8 Å². The van der Waals surface area contributed by atoms with E-state index in [9.17, 15) is 9.59 Å². The second-order valence-corrected chi connectivity index (χ2v) is 2.49. The number of hydrogen-bond acceptors (Lipinski definition) is 2. The molecule has 0 aliphatic carbocycles. The fourth-order valence-corrected chi connectivity index (χ4v) is 0.788.